The summed E-state index contributed by atoms with van der Waals surface area (Å²) in [4.78, 5) is 26.4. The van der Waals surface area contributed by atoms with Crippen molar-refractivity contribution >= 4 is 39.2 Å². The SMILES string of the molecule is CC(C)(C)OC(=O)N1CCN(Cc2ccc(-c3cc4nccc(Cl)c4s3)nc2)CC1. The van der Waals surface area contributed by atoms with E-state index in [1.54, 1.807) is 22.4 Å². The lowest BCUT2D eigenvalue weighted by Crippen LogP contribution is -2.49. The van der Waals surface area contributed by atoms with E-state index >= 15 is 0 Å². The zero-order valence-electron chi connectivity index (χ0n) is 17.4. The summed E-state index contributed by atoms with van der Waals surface area (Å²) in [7, 11) is 0. The number of fused-ring (bicyclic) bond motifs is 1. The number of aromatic nitrogens is 2. The minimum Gasteiger partial charge on any atom is -0.444 e. The number of carbonyl (C=O) groups is 1. The van der Waals surface area contributed by atoms with Crippen molar-refractivity contribution in [1.82, 2.24) is 19.8 Å². The van der Waals surface area contributed by atoms with Gasteiger partial charge in [-0.2, -0.15) is 0 Å². The first-order valence-electron chi connectivity index (χ1n) is 9.98. The van der Waals surface area contributed by atoms with Gasteiger partial charge in [-0.25, -0.2) is 4.79 Å². The van der Waals surface area contributed by atoms with Crippen LogP contribution in [-0.4, -0.2) is 57.6 Å². The van der Waals surface area contributed by atoms with Crippen molar-refractivity contribution in [1.29, 1.82) is 0 Å². The van der Waals surface area contributed by atoms with Crippen molar-refractivity contribution in [2.75, 3.05) is 26.2 Å². The molecule has 3 aromatic heterocycles. The van der Waals surface area contributed by atoms with Gasteiger partial charge in [0.2, 0.25) is 0 Å². The lowest BCUT2D eigenvalue weighted by atomic mass is 10.2. The Bertz CT molecular complexity index is 1040. The predicted molar refractivity (Wildman–Crippen MR) is 121 cm³/mol. The first-order chi connectivity index (χ1) is 14.3. The van der Waals surface area contributed by atoms with Crippen molar-refractivity contribution in [2.45, 2.75) is 32.9 Å². The van der Waals surface area contributed by atoms with Crippen LogP contribution in [0.4, 0.5) is 4.79 Å². The molecule has 1 saturated heterocycles. The summed E-state index contributed by atoms with van der Waals surface area (Å²) in [5.74, 6) is 0. The summed E-state index contributed by atoms with van der Waals surface area (Å²) in [6, 6.07) is 8.00. The minimum atomic E-state index is -0.461. The molecule has 3 aromatic rings. The van der Waals surface area contributed by atoms with Crippen molar-refractivity contribution in [3.63, 3.8) is 0 Å². The van der Waals surface area contributed by atoms with Crippen LogP contribution < -0.4 is 0 Å². The Hall–Kier alpha value is -2.22. The van der Waals surface area contributed by atoms with Gasteiger partial charge in [-0.1, -0.05) is 17.7 Å². The van der Waals surface area contributed by atoms with Crippen LogP contribution in [0.25, 0.3) is 20.8 Å². The van der Waals surface area contributed by atoms with Crippen LogP contribution in [0.3, 0.4) is 0 Å². The smallest absolute Gasteiger partial charge is 0.410 e. The molecule has 0 unspecified atom stereocenters. The molecule has 30 heavy (non-hydrogen) atoms. The number of hydrogen-bond donors (Lipinski definition) is 0. The van der Waals surface area contributed by atoms with Crippen molar-refractivity contribution in [2.24, 2.45) is 0 Å². The highest BCUT2D eigenvalue weighted by molar-refractivity contribution is 7.22. The second-order valence-electron chi connectivity index (χ2n) is 8.41. The van der Waals surface area contributed by atoms with Crippen LogP contribution in [-0.2, 0) is 11.3 Å². The number of thiophene rings is 1. The maximum Gasteiger partial charge on any atom is 0.410 e. The van der Waals surface area contributed by atoms with Crippen LogP contribution in [0.5, 0.6) is 0 Å². The zero-order valence-corrected chi connectivity index (χ0v) is 19.0. The Morgan fingerprint density at radius 2 is 1.93 bits per heavy atom. The molecular formula is C22H25ClN4O2S. The Kier molecular flexibility index (Phi) is 5.95. The monoisotopic (exact) mass is 444 g/mol. The summed E-state index contributed by atoms with van der Waals surface area (Å²) in [5.41, 5.74) is 2.52. The molecule has 0 N–H and O–H groups in total. The summed E-state index contributed by atoms with van der Waals surface area (Å²) < 4.78 is 6.45. The highest BCUT2D eigenvalue weighted by Gasteiger charge is 2.25. The van der Waals surface area contributed by atoms with Gasteiger partial charge in [0.15, 0.2) is 0 Å². The van der Waals surface area contributed by atoms with Gasteiger partial charge < -0.3 is 9.64 Å². The molecule has 6 nitrogen and oxygen atoms in total. The molecule has 0 spiro atoms. The van der Waals surface area contributed by atoms with E-state index < -0.39 is 5.60 Å². The molecule has 1 aliphatic heterocycles. The van der Waals surface area contributed by atoms with Crippen LogP contribution in [0, 0.1) is 0 Å². The fraction of sp³-hybridized carbons (Fsp3) is 0.409. The van der Waals surface area contributed by atoms with Gasteiger partial charge in [0, 0.05) is 45.1 Å². The molecule has 1 aliphatic rings. The molecular weight excluding hydrogens is 420 g/mol. The molecule has 0 aromatic carbocycles. The molecule has 8 heteroatoms. The molecule has 0 bridgehead atoms. The number of pyridine rings is 2. The highest BCUT2D eigenvalue weighted by atomic mass is 35.5. The standard InChI is InChI=1S/C22H25ClN4O2S/c1-22(2,3)29-21(28)27-10-8-26(9-11-27)14-15-4-5-17(25-13-15)19-12-18-20(30-19)16(23)6-7-24-18/h4-7,12-13H,8-11,14H2,1-3H3. The molecule has 0 atom stereocenters. The zero-order chi connectivity index (χ0) is 21.3. The molecule has 0 saturated carbocycles. The third-order valence-electron chi connectivity index (χ3n) is 4.87. The van der Waals surface area contributed by atoms with Crippen LogP contribution in [0.2, 0.25) is 5.02 Å². The summed E-state index contributed by atoms with van der Waals surface area (Å²) in [6.07, 6.45) is 3.42. The second kappa shape index (κ2) is 8.49. The third kappa shape index (κ3) is 4.91. The second-order valence-corrected chi connectivity index (χ2v) is 9.87. The Balaban J connectivity index is 1.35. The molecule has 1 fully saturated rings. The van der Waals surface area contributed by atoms with E-state index in [0.717, 1.165) is 51.0 Å². The van der Waals surface area contributed by atoms with Gasteiger partial charge >= 0.3 is 6.09 Å². The van der Waals surface area contributed by atoms with Crippen molar-refractivity contribution in [3.05, 3.63) is 47.2 Å². The number of halogens is 1. The maximum atomic E-state index is 12.2. The minimum absolute atomic E-state index is 0.230. The van der Waals surface area contributed by atoms with E-state index in [4.69, 9.17) is 16.3 Å². The van der Waals surface area contributed by atoms with Crippen LogP contribution in [0.1, 0.15) is 26.3 Å². The molecule has 4 heterocycles. The van der Waals surface area contributed by atoms with E-state index in [0.29, 0.717) is 13.1 Å². The largest absolute Gasteiger partial charge is 0.444 e. The molecule has 158 valence electrons. The fourth-order valence-corrected chi connectivity index (χ4v) is 4.64. The number of nitrogens with zero attached hydrogens (tertiary/aromatic N) is 4. The molecule has 1 amide bonds. The number of amides is 1. The van der Waals surface area contributed by atoms with Gasteiger partial charge in [-0.3, -0.25) is 14.9 Å². The number of hydrogen-bond acceptors (Lipinski definition) is 6. The third-order valence-corrected chi connectivity index (χ3v) is 6.48. The van der Waals surface area contributed by atoms with E-state index in [1.807, 2.05) is 45.2 Å². The number of rotatable bonds is 3. The van der Waals surface area contributed by atoms with Gasteiger partial charge in [-0.15, -0.1) is 11.3 Å². The molecule has 0 radical (unpaired) electrons. The van der Waals surface area contributed by atoms with Gasteiger partial charge in [0.05, 0.1) is 25.8 Å². The van der Waals surface area contributed by atoms with Crippen molar-refractivity contribution < 1.29 is 9.53 Å². The van der Waals surface area contributed by atoms with E-state index in [2.05, 4.69) is 20.9 Å². The number of carbonyl (C=O) groups excluding carboxylic acids is 1. The summed E-state index contributed by atoms with van der Waals surface area (Å²) >= 11 is 7.87. The van der Waals surface area contributed by atoms with Crippen LogP contribution in [0.15, 0.2) is 36.7 Å². The first kappa shape index (κ1) is 21.0. The average Bonchev–Trinajstić information content (AvgIpc) is 3.13. The Morgan fingerprint density at radius 3 is 2.57 bits per heavy atom. The topological polar surface area (TPSA) is 58.6 Å². The summed E-state index contributed by atoms with van der Waals surface area (Å²) in [5, 5.41) is 0.721. The number of piperazine rings is 1. The van der Waals surface area contributed by atoms with Gasteiger partial charge in [0.1, 0.15) is 5.60 Å². The lowest BCUT2D eigenvalue weighted by molar-refractivity contribution is 0.0139. The maximum absolute atomic E-state index is 12.2. The van der Waals surface area contributed by atoms with E-state index in [9.17, 15) is 4.79 Å². The number of ether oxygens (including phenoxy) is 1. The normalized spacial score (nSPS) is 15.5. The van der Waals surface area contributed by atoms with E-state index in [1.165, 1.54) is 0 Å². The average molecular weight is 445 g/mol. The quantitative estimate of drug-likeness (QED) is 0.564. The van der Waals surface area contributed by atoms with E-state index in [-0.39, 0.29) is 6.09 Å². The molecule has 4 rings (SSSR count). The lowest BCUT2D eigenvalue weighted by Gasteiger charge is -2.35. The summed E-state index contributed by atoms with van der Waals surface area (Å²) in [6.45, 7) is 9.48. The highest BCUT2D eigenvalue weighted by Crippen LogP contribution is 2.35. The molecule has 0 aliphatic carbocycles. The fourth-order valence-electron chi connectivity index (χ4n) is 3.37. The predicted octanol–water partition coefficient (Wildman–Crippen LogP) is 5.06. The first-order valence-corrected chi connectivity index (χ1v) is 11.2. The van der Waals surface area contributed by atoms with Gasteiger partial charge in [-0.05, 0) is 44.5 Å². The van der Waals surface area contributed by atoms with Gasteiger partial charge in [0.25, 0.3) is 0 Å². The Labute approximate surface area is 185 Å². The van der Waals surface area contributed by atoms with Crippen LogP contribution >= 0.6 is 22.9 Å². The Morgan fingerprint density at radius 1 is 1.17 bits per heavy atom. The van der Waals surface area contributed by atoms with Crippen molar-refractivity contribution in [3.8, 4) is 10.6 Å².